The minimum Gasteiger partial charge on any atom is 0 e. The first-order valence-corrected chi connectivity index (χ1v) is 16.5. The molecule has 0 amide bonds. The Balaban J connectivity index is 0.00000259. The molecule has 3 nitrogen and oxygen atoms in total. The predicted molar refractivity (Wildman–Crippen MR) is 134 cm³/mol. The van der Waals surface area contributed by atoms with E-state index in [2.05, 4.69) is 49.2 Å². The molecule has 0 atom stereocenters. The van der Waals surface area contributed by atoms with Crippen LogP contribution in [0.4, 0.5) is 0 Å². The van der Waals surface area contributed by atoms with Gasteiger partial charge in [-0.15, -0.1) is 0 Å². The van der Waals surface area contributed by atoms with E-state index < -0.39 is 13.3 Å². The van der Waals surface area contributed by atoms with E-state index in [0.717, 1.165) is 46.6 Å². The molecule has 2 aromatic heterocycles. The Morgan fingerprint density at radius 2 is 1.52 bits per heavy atom. The second kappa shape index (κ2) is 9.83. The summed E-state index contributed by atoms with van der Waals surface area (Å²) in [6.45, 7) is 4.56. The number of fused-ring (bicyclic) bond motifs is 3. The summed E-state index contributed by atoms with van der Waals surface area (Å²) < 4.78 is 2.83. The van der Waals surface area contributed by atoms with E-state index in [1.165, 1.54) is 19.3 Å². The van der Waals surface area contributed by atoms with Gasteiger partial charge in [0, 0.05) is 16.5 Å². The van der Waals surface area contributed by atoms with Gasteiger partial charge < -0.3 is 0 Å². The molecule has 1 N–H and O–H groups in total. The van der Waals surface area contributed by atoms with Gasteiger partial charge >= 0.3 is 193 Å². The fraction of sp³-hybridized carbons (Fsp3) is 0.214. The minimum atomic E-state index is -2.58. The van der Waals surface area contributed by atoms with Gasteiger partial charge in [-0.25, -0.2) is 0 Å². The van der Waals surface area contributed by atoms with Crippen LogP contribution in [0.15, 0.2) is 72.9 Å². The maximum atomic E-state index is 10.9. The zero-order valence-electron chi connectivity index (χ0n) is 18.9. The van der Waals surface area contributed by atoms with Crippen molar-refractivity contribution in [3.05, 3.63) is 79.0 Å². The van der Waals surface area contributed by atoms with Gasteiger partial charge in [0.2, 0.25) is 0 Å². The number of aromatic hydroxyl groups is 1. The van der Waals surface area contributed by atoms with Crippen LogP contribution in [0.25, 0.3) is 33.8 Å². The number of aromatic nitrogens is 2. The summed E-state index contributed by atoms with van der Waals surface area (Å²) in [5.41, 5.74) is 5.67. The predicted octanol–water partition coefficient (Wildman–Crippen LogP) is 5.68. The van der Waals surface area contributed by atoms with Crippen molar-refractivity contribution in [2.24, 2.45) is 0 Å². The van der Waals surface area contributed by atoms with Crippen molar-refractivity contribution in [1.29, 1.82) is 0 Å². The smallest absolute Gasteiger partial charge is 0 e. The molecule has 0 saturated carbocycles. The molecule has 0 bridgehead atoms. The number of benzene rings is 2. The topological polar surface area (TPSA) is 46.0 Å². The number of nitrogens with zero attached hydrogens (tertiary/aromatic N) is 2. The molecule has 0 saturated heterocycles. The molecule has 1 aliphatic rings. The number of phenols is 1. The first-order chi connectivity index (χ1) is 15.7. The zero-order valence-corrected chi connectivity index (χ0v) is 22.0. The molecule has 5 rings (SSSR count). The van der Waals surface area contributed by atoms with Crippen LogP contribution in [0.2, 0.25) is 10.5 Å². The maximum absolute atomic E-state index is 10.9. The number of hydrogen-bond acceptors (Lipinski definition) is 3. The minimum absolute atomic E-state index is 0. The van der Waals surface area contributed by atoms with Crippen LogP contribution in [0.1, 0.15) is 26.7 Å². The Morgan fingerprint density at radius 1 is 0.788 bits per heavy atom. The van der Waals surface area contributed by atoms with Crippen molar-refractivity contribution in [2.75, 3.05) is 0 Å². The molecule has 0 spiro atoms. The second-order valence-corrected chi connectivity index (χ2v) is 17.5. The van der Waals surface area contributed by atoms with E-state index in [-0.39, 0.29) is 16.5 Å². The second-order valence-electron chi connectivity index (χ2n) is 8.57. The first kappa shape index (κ1) is 23.7. The zero-order chi connectivity index (χ0) is 22.1. The van der Waals surface area contributed by atoms with Crippen molar-refractivity contribution in [2.45, 2.75) is 37.2 Å². The summed E-state index contributed by atoms with van der Waals surface area (Å²) in [5.74, 6) is 0.360. The maximum Gasteiger partial charge on any atom is 0 e. The van der Waals surface area contributed by atoms with Crippen molar-refractivity contribution in [1.82, 2.24) is 9.97 Å². The molecule has 33 heavy (non-hydrogen) atoms. The summed E-state index contributed by atoms with van der Waals surface area (Å²) in [4.78, 5) is 9.62. The van der Waals surface area contributed by atoms with Crippen LogP contribution in [0, 0.1) is 6.07 Å². The molecule has 0 fully saturated rings. The summed E-state index contributed by atoms with van der Waals surface area (Å²) in [7, 11) is 0. The van der Waals surface area contributed by atoms with E-state index in [4.69, 9.17) is 4.98 Å². The molecular weight excluding hydrogens is 512 g/mol. The fourth-order valence-electron chi connectivity index (χ4n) is 5.33. The van der Waals surface area contributed by atoms with E-state index in [1.807, 2.05) is 36.4 Å². The van der Waals surface area contributed by atoms with Gasteiger partial charge in [0.1, 0.15) is 0 Å². The van der Waals surface area contributed by atoms with Crippen LogP contribution >= 0.6 is 0 Å². The van der Waals surface area contributed by atoms with Crippen LogP contribution in [-0.2, 0) is 16.5 Å². The van der Waals surface area contributed by atoms with Gasteiger partial charge in [-0.3, -0.25) is 0 Å². The van der Waals surface area contributed by atoms with Gasteiger partial charge in [0.25, 0.3) is 0 Å². The molecule has 3 heterocycles. The molecule has 170 valence electrons. The van der Waals surface area contributed by atoms with Crippen LogP contribution in [0.3, 0.4) is 0 Å². The molecule has 0 unspecified atom stereocenters. The monoisotopic (exact) mass is 539 g/mol. The van der Waals surface area contributed by atoms with Crippen LogP contribution in [-0.4, -0.2) is 28.3 Å². The Morgan fingerprint density at radius 3 is 2.21 bits per heavy atom. The Hall–Kier alpha value is -2.42. The third-order valence-corrected chi connectivity index (χ3v) is 18.3. The number of rotatable bonds is 6. The largest absolute Gasteiger partial charge is 0 e. The molecule has 5 heteroatoms. The van der Waals surface area contributed by atoms with E-state index >= 15 is 0 Å². The quantitative estimate of drug-likeness (QED) is 0.254. The molecule has 2 aromatic carbocycles. The Kier molecular flexibility index (Phi) is 7.06. The average Bonchev–Trinajstić information content (AvgIpc) is 3.10. The normalized spacial score (nSPS) is 13.2. The standard InChI is InChI=1S/C28H27GeN2O.Ni/c1-3-16-29(17-4-2)22-11-8-13-26(32)27(22)28-23(29)14-15-25(31-28)21-10-7-9-20(19-21)24-12-5-6-18-30-24;/h5-15,18,32H,3-4,16-17H2,1-2H3;/q-1;. The molecular formula is C28H27GeN2NiO-. The van der Waals surface area contributed by atoms with Gasteiger partial charge in [0.15, 0.2) is 0 Å². The molecule has 0 aliphatic carbocycles. The van der Waals surface area contributed by atoms with Gasteiger partial charge in [0.05, 0.1) is 0 Å². The van der Waals surface area contributed by atoms with Crippen molar-refractivity contribution < 1.29 is 21.6 Å². The van der Waals surface area contributed by atoms with Crippen LogP contribution < -0.4 is 8.79 Å². The van der Waals surface area contributed by atoms with Crippen LogP contribution in [0.5, 0.6) is 5.75 Å². The summed E-state index contributed by atoms with van der Waals surface area (Å²) in [5, 5.41) is 13.3. The fourth-order valence-corrected chi connectivity index (χ4v) is 16.9. The van der Waals surface area contributed by atoms with E-state index in [9.17, 15) is 5.11 Å². The van der Waals surface area contributed by atoms with E-state index in [1.54, 1.807) is 12.3 Å². The van der Waals surface area contributed by atoms with Gasteiger partial charge in [-0.2, -0.15) is 0 Å². The third kappa shape index (κ3) is 4.04. The number of pyridine rings is 2. The summed E-state index contributed by atoms with van der Waals surface area (Å²) in [6, 6.07) is 26.1. The summed E-state index contributed by atoms with van der Waals surface area (Å²) >= 11 is -2.58. The molecule has 0 radical (unpaired) electrons. The third-order valence-electron chi connectivity index (χ3n) is 6.57. The Bertz CT molecular complexity index is 1270. The van der Waals surface area contributed by atoms with Gasteiger partial charge in [-0.1, -0.05) is 0 Å². The van der Waals surface area contributed by atoms with E-state index in [0.29, 0.717) is 5.75 Å². The van der Waals surface area contributed by atoms with Crippen molar-refractivity contribution >= 4 is 22.1 Å². The molecule has 4 aromatic rings. The number of phenolic OH excluding ortho intramolecular Hbond substituents is 1. The molecule has 1 aliphatic heterocycles. The Labute approximate surface area is 208 Å². The SMILES string of the molecule is CC[CH2][Ge]1([CH2]CC)[c]2ccc(-c3[c-]c(-c4ccccn4)ccc3)nc2-c2c(O)ccc[c]21.[Ni]. The summed E-state index contributed by atoms with van der Waals surface area (Å²) in [6.07, 6.45) is 4.13. The number of hydrogen-bond donors (Lipinski definition) is 1. The van der Waals surface area contributed by atoms with Crippen molar-refractivity contribution in [3.63, 3.8) is 0 Å². The van der Waals surface area contributed by atoms with Crippen molar-refractivity contribution in [3.8, 4) is 39.5 Å². The average molecular weight is 539 g/mol. The van der Waals surface area contributed by atoms with Gasteiger partial charge in [-0.05, 0) is 0 Å². The first-order valence-electron chi connectivity index (χ1n) is 11.5.